The molecule has 0 aromatic carbocycles. The van der Waals surface area contributed by atoms with Crippen molar-refractivity contribution in [3.8, 4) is 0 Å². The maximum Gasteiger partial charge on any atom is 0.128 e. The van der Waals surface area contributed by atoms with E-state index in [-0.39, 0.29) is 6.04 Å². The highest BCUT2D eigenvalue weighted by Gasteiger charge is 2.19. The van der Waals surface area contributed by atoms with Crippen LogP contribution in [0.3, 0.4) is 0 Å². The van der Waals surface area contributed by atoms with E-state index in [0.717, 1.165) is 31.0 Å². The normalized spacial score (nSPS) is 20.2. The molecule has 100 valence electrons. The van der Waals surface area contributed by atoms with Gasteiger partial charge in [0.05, 0.1) is 5.60 Å². The Morgan fingerprint density at radius 2 is 2.39 bits per heavy atom. The van der Waals surface area contributed by atoms with Crippen molar-refractivity contribution < 1.29 is 5.11 Å². The van der Waals surface area contributed by atoms with Crippen LogP contribution < -0.4 is 16.0 Å². The summed E-state index contributed by atoms with van der Waals surface area (Å²) in [6, 6.07) is 4.27. The summed E-state index contributed by atoms with van der Waals surface area (Å²) in [5, 5.41) is 12.8. The molecule has 2 rings (SSSR count). The smallest absolute Gasteiger partial charge is 0.128 e. The average molecular weight is 250 g/mol. The lowest BCUT2D eigenvalue weighted by Crippen LogP contribution is -2.30. The van der Waals surface area contributed by atoms with E-state index < -0.39 is 5.60 Å². The monoisotopic (exact) mass is 250 g/mol. The second-order valence-corrected chi connectivity index (χ2v) is 5.56. The zero-order chi connectivity index (χ0) is 13.2. The molecule has 1 saturated heterocycles. The maximum atomic E-state index is 9.68. The Hall–Kier alpha value is -1.33. The Labute approximate surface area is 108 Å². The molecule has 5 nitrogen and oxygen atoms in total. The van der Waals surface area contributed by atoms with Gasteiger partial charge in [0, 0.05) is 43.6 Å². The summed E-state index contributed by atoms with van der Waals surface area (Å²) in [7, 11) is 0. The van der Waals surface area contributed by atoms with Gasteiger partial charge in [-0.3, -0.25) is 0 Å². The van der Waals surface area contributed by atoms with Crippen LogP contribution in [-0.4, -0.2) is 41.4 Å². The lowest BCUT2D eigenvalue weighted by molar-refractivity contribution is 0.0944. The zero-order valence-corrected chi connectivity index (χ0v) is 11.1. The highest BCUT2D eigenvalue weighted by Crippen LogP contribution is 2.21. The van der Waals surface area contributed by atoms with Gasteiger partial charge in [-0.1, -0.05) is 0 Å². The van der Waals surface area contributed by atoms with Crippen LogP contribution in [0.25, 0.3) is 0 Å². The number of pyridine rings is 1. The second-order valence-electron chi connectivity index (χ2n) is 5.56. The fraction of sp³-hybridized carbons (Fsp3) is 0.615. The van der Waals surface area contributed by atoms with E-state index in [1.165, 1.54) is 0 Å². The van der Waals surface area contributed by atoms with Crippen molar-refractivity contribution in [1.82, 2.24) is 4.98 Å². The predicted molar refractivity (Wildman–Crippen MR) is 73.8 cm³/mol. The molecule has 18 heavy (non-hydrogen) atoms. The van der Waals surface area contributed by atoms with E-state index in [2.05, 4.69) is 15.2 Å². The number of hydrogen-bond donors (Lipinski definition) is 3. The van der Waals surface area contributed by atoms with Gasteiger partial charge in [0.1, 0.15) is 5.82 Å². The molecule has 0 radical (unpaired) electrons. The maximum absolute atomic E-state index is 9.68. The van der Waals surface area contributed by atoms with Crippen molar-refractivity contribution >= 4 is 11.5 Å². The van der Waals surface area contributed by atoms with Crippen LogP contribution in [0.1, 0.15) is 20.3 Å². The van der Waals surface area contributed by atoms with Crippen molar-refractivity contribution in [2.45, 2.75) is 31.9 Å². The molecule has 0 saturated carbocycles. The lowest BCUT2D eigenvalue weighted by Gasteiger charge is -2.21. The predicted octanol–water partition coefficient (Wildman–Crippen LogP) is 0.802. The molecule has 1 aliphatic heterocycles. The van der Waals surface area contributed by atoms with Gasteiger partial charge in [-0.15, -0.1) is 0 Å². The van der Waals surface area contributed by atoms with Gasteiger partial charge < -0.3 is 21.1 Å². The first-order valence-electron chi connectivity index (χ1n) is 6.37. The van der Waals surface area contributed by atoms with Crippen LogP contribution >= 0.6 is 0 Å². The third-order valence-electron chi connectivity index (χ3n) is 3.04. The molecule has 1 aliphatic rings. The van der Waals surface area contributed by atoms with Gasteiger partial charge in [0.25, 0.3) is 0 Å². The standard InChI is InChI=1S/C13H22N4O/c1-13(2,18)9-16-12-7-11(3-5-15-12)17-6-4-10(14)8-17/h3,5,7,10,18H,4,6,8-9,14H2,1-2H3,(H,15,16). The van der Waals surface area contributed by atoms with Crippen molar-refractivity contribution in [3.63, 3.8) is 0 Å². The number of hydrogen-bond acceptors (Lipinski definition) is 5. The van der Waals surface area contributed by atoms with Gasteiger partial charge in [-0.25, -0.2) is 4.98 Å². The molecular formula is C13H22N4O. The van der Waals surface area contributed by atoms with Crippen LogP contribution in [0.15, 0.2) is 18.3 Å². The highest BCUT2D eigenvalue weighted by molar-refractivity contribution is 5.54. The minimum Gasteiger partial charge on any atom is -0.389 e. The first kappa shape index (κ1) is 13.1. The largest absolute Gasteiger partial charge is 0.389 e. The molecule has 5 heteroatoms. The number of aromatic nitrogens is 1. The van der Waals surface area contributed by atoms with Crippen LogP contribution in [-0.2, 0) is 0 Å². The number of nitrogens with zero attached hydrogens (tertiary/aromatic N) is 2. The van der Waals surface area contributed by atoms with Crippen LogP contribution in [0.2, 0.25) is 0 Å². The Morgan fingerprint density at radius 1 is 1.61 bits per heavy atom. The minimum absolute atomic E-state index is 0.269. The number of nitrogens with one attached hydrogen (secondary N) is 1. The van der Waals surface area contributed by atoms with Gasteiger partial charge in [-0.05, 0) is 26.3 Å². The molecule has 4 N–H and O–H groups in total. The number of aliphatic hydroxyl groups is 1. The molecule has 1 aromatic heterocycles. The zero-order valence-electron chi connectivity index (χ0n) is 11.1. The molecule has 0 spiro atoms. The fourth-order valence-electron chi connectivity index (χ4n) is 2.04. The van der Waals surface area contributed by atoms with Crippen molar-refractivity contribution in [3.05, 3.63) is 18.3 Å². The van der Waals surface area contributed by atoms with E-state index in [1.54, 1.807) is 20.0 Å². The van der Waals surface area contributed by atoms with E-state index in [9.17, 15) is 5.11 Å². The summed E-state index contributed by atoms with van der Waals surface area (Å²) in [6.45, 7) is 5.90. The first-order chi connectivity index (χ1) is 8.44. The summed E-state index contributed by atoms with van der Waals surface area (Å²) in [4.78, 5) is 6.52. The molecular weight excluding hydrogens is 228 g/mol. The van der Waals surface area contributed by atoms with E-state index in [1.807, 2.05) is 12.1 Å². The Bertz CT molecular complexity index is 402. The SMILES string of the molecule is CC(C)(O)CNc1cc(N2CCC(N)C2)ccn1. The van der Waals surface area contributed by atoms with Gasteiger partial charge in [0.15, 0.2) is 0 Å². The van der Waals surface area contributed by atoms with E-state index >= 15 is 0 Å². The van der Waals surface area contributed by atoms with Gasteiger partial charge in [0.2, 0.25) is 0 Å². The van der Waals surface area contributed by atoms with E-state index in [0.29, 0.717) is 6.54 Å². The van der Waals surface area contributed by atoms with Crippen LogP contribution in [0.5, 0.6) is 0 Å². The quantitative estimate of drug-likeness (QED) is 0.737. The molecule has 1 aromatic rings. The Morgan fingerprint density at radius 3 is 3.00 bits per heavy atom. The average Bonchev–Trinajstić information content (AvgIpc) is 2.73. The first-order valence-corrected chi connectivity index (χ1v) is 6.37. The number of anilines is 2. The molecule has 1 unspecified atom stereocenters. The van der Waals surface area contributed by atoms with E-state index in [4.69, 9.17) is 5.73 Å². The third kappa shape index (κ3) is 3.58. The summed E-state index contributed by atoms with van der Waals surface area (Å²) >= 11 is 0. The number of nitrogens with two attached hydrogens (primary N) is 1. The van der Waals surface area contributed by atoms with Crippen molar-refractivity contribution in [2.75, 3.05) is 29.9 Å². The fourth-order valence-corrected chi connectivity index (χ4v) is 2.04. The molecule has 0 bridgehead atoms. The highest BCUT2D eigenvalue weighted by atomic mass is 16.3. The molecule has 2 heterocycles. The van der Waals surface area contributed by atoms with Gasteiger partial charge in [-0.2, -0.15) is 0 Å². The summed E-state index contributed by atoms with van der Waals surface area (Å²) in [5.74, 6) is 0.787. The minimum atomic E-state index is -0.742. The van der Waals surface area contributed by atoms with Crippen LogP contribution in [0.4, 0.5) is 11.5 Å². The second kappa shape index (κ2) is 5.12. The molecule has 0 aliphatic carbocycles. The third-order valence-corrected chi connectivity index (χ3v) is 3.04. The molecule has 1 atom stereocenters. The topological polar surface area (TPSA) is 74.4 Å². The number of rotatable bonds is 4. The van der Waals surface area contributed by atoms with Crippen molar-refractivity contribution in [1.29, 1.82) is 0 Å². The summed E-state index contributed by atoms with van der Waals surface area (Å²) < 4.78 is 0. The molecule has 0 amide bonds. The summed E-state index contributed by atoms with van der Waals surface area (Å²) in [6.07, 6.45) is 2.82. The molecule has 1 fully saturated rings. The van der Waals surface area contributed by atoms with Gasteiger partial charge >= 0.3 is 0 Å². The van der Waals surface area contributed by atoms with Crippen molar-refractivity contribution in [2.24, 2.45) is 5.73 Å². The lowest BCUT2D eigenvalue weighted by atomic mass is 10.1. The summed E-state index contributed by atoms with van der Waals surface area (Å²) in [5.41, 5.74) is 6.30. The Kier molecular flexibility index (Phi) is 3.73. The Balaban J connectivity index is 2.01. The van der Waals surface area contributed by atoms with Crippen LogP contribution in [0, 0.1) is 0 Å².